The first-order valence-electron chi connectivity index (χ1n) is 8.94. The smallest absolute Gasteiger partial charge is 0.246 e. The first-order chi connectivity index (χ1) is 11.7. The Morgan fingerprint density at radius 1 is 1.08 bits per heavy atom. The largest absolute Gasteiger partial charge is 0.493 e. The molecule has 0 saturated carbocycles. The minimum absolute atomic E-state index is 0.0738. The number of carbonyl (C=O) groups is 1. The normalized spacial score (nSPS) is 10.8. The highest BCUT2D eigenvalue weighted by Crippen LogP contribution is 2.28. The second kappa shape index (κ2) is 11.5. The van der Waals surface area contributed by atoms with E-state index < -0.39 is 0 Å². The van der Waals surface area contributed by atoms with Gasteiger partial charge in [-0.3, -0.25) is 4.79 Å². The number of rotatable bonds is 11. The van der Waals surface area contributed by atoms with Crippen LogP contribution in [0, 0.1) is 0 Å². The van der Waals surface area contributed by atoms with Gasteiger partial charge < -0.3 is 14.4 Å². The third-order valence-corrected chi connectivity index (χ3v) is 3.78. The molecular weight excluding hydrogens is 302 g/mol. The van der Waals surface area contributed by atoms with Gasteiger partial charge in [-0.15, -0.1) is 0 Å². The quantitative estimate of drug-likeness (QED) is 0.558. The molecule has 1 amide bonds. The molecule has 0 spiro atoms. The lowest BCUT2D eigenvalue weighted by atomic mass is 10.1. The number of amides is 1. The standard InChI is InChI=1S/C20H31NO3/c1-5-8-14-21(15-9-6-2)20(22)13-11-17-10-12-18(24-7-3)19(16-17)23-4/h10-13,16H,5-9,14-15H2,1-4H3/b13-11+. The monoisotopic (exact) mass is 333 g/mol. The lowest BCUT2D eigenvalue weighted by Crippen LogP contribution is -2.31. The zero-order chi connectivity index (χ0) is 17.8. The van der Waals surface area contributed by atoms with Crippen LogP contribution in [-0.2, 0) is 4.79 Å². The number of benzene rings is 1. The summed E-state index contributed by atoms with van der Waals surface area (Å²) in [5, 5.41) is 0. The molecular formula is C20H31NO3. The molecule has 134 valence electrons. The van der Waals surface area contributed by atoms with Crippen molar-refractivity contribution >= 4 is 12.0 Å². The Morgan fingerprint density at radius 2 is 1.75 bits per heavy atom. The van der Waals surface area contributed by atoms with Gasteiger partial charge in [0.05, 0.1) is 13.7 Å². The summed E-state index contributed by atoms with van der Waals surface area (Å²) in [6.45, 7) is 8.47. The minimum Gasteiger partial charge on any atom is -0.493 e. The molecule has 0 fully saturated rings. The van der Waals surface area contributed by atoms with Gasteiger partial charge in [-0.25, -0.2) is 0 Å². The molecule has 0 aromatic heterocycles. The number of nitrogens with zero attached hydrogens (tertiary/aromatic N) is 1. The van der Waals surface area contributed by atoms with Crippen LogP contribution in [0.1, 0.15) is 52.0 Å². The maximum absolute atomic E-state index is 12.4. The van der Waals surface area contributed by atoms with Crippen molar-refractivity contribution < 1.29 is 14.3 Å². The van der Waals surface area contributed by atoms with Crippen molar-refractivity contribution in [3.05, 3.63) is 29.8 Å². The Bertz CT molecular complexity index is 518. The number of carbonyl (C=O) groups excluding carboxylic acids is 1. The topological polar surface area (TPSA) is 38.8 Å². The molecule has 4 nitrogen and oxygen atoms in total. The summed E-state index contributed by atoms with van der Waals surface area (Å²) in [7, 11) is 1.62. The summed E-state index contributed by atoms with van der Waals surface area (Å²) >= 11 is 0. The molecule has 0 unspecified atom stereocenters. The van der Waals surface area contributed by atoms with Crippen molar-refractivity contribution in [2.24, 2.45) is 0 Å². The number of ether oxygens (including phenoxy) is 2. The van der Waals surface area contributed by atoms with Crippen LogP contribution < -0.4 is 9.47 Å². The van der Waals surface area contributed by atoms with Gasteiger partial charge in [-0.05, 0) is 43.5 Å². The van der Waals surface area contributed by atoms with Gasteiger partial charge in [-0.2, -0.15) is 0 Å². The van der Waals surface area contributed by atoms with Crippen LogP contribution in [0.15, 0.2) is 24.3 Å². The number of hydrogen-bond acceptors (Lipinski definition) is 3. The summed E-state index contributed by atoms with van der Waals surface area (Å²) in [5.74, 6) is 1.47. The maximum atomic E-state index is 12.4. The summed E-state index contributed by atoms with van der Waals surface area (Å²) in [6.07, 6.45) is 7.76. The average Bonchev–Trinajstić information content (AvgIpc) is 2.60. The highest BCUT2D eigenvalue weighted by molar-refractivity contribution is 5.91. The minimum atomic E-state index is 0.0738. The van der Waals surface area contributed by atoms with Crippen molar-refractivity contribution in [3.8, 4) is 11.5 Å². The van der Waals surface area contributed by atoms with Gasteiger partial charge in [0, 0.05) is 19.2 Å². The molecule has 0 bridgehead atoms. The zero-order valence-electron chi connectivity index (χ0n) is 15.5. The molecule has 1 rings (SSSR count). The summed E-state index contributed by atoms with van der Waals surface area (Å²) in [6, 6.07) is 5.69. The Kier molecular flexibility index (Phi) is 9.66. The van der Waals surface area contributed by atoms with Gasteiger partial charge in [0.15, 0.2) is 11.5 Å². The molecule has 24 heavy (non-hydrogen) atoms. The Morgan fingerprint density at radius 3 is 2.29 bits per heavy atom. The highest BCUT2D eigenvalue weighted by atomic mass is 16.5. The zero-order valence-corrected chi connectivity index (χ0v) is 15.5. The predicted octanol–water partition coefficient (Wildman–Crippen LogP) is 4.54. The van der Waals surface area contributed by atoms with E-state index in [0.717, 1.165) is 50.1 Å². The van der Waals surface area contributed by atoms with Gasteiger partial charge >= 0.3 is 0 Å². The molecule has 0 N–H and O–H groups in total. The first kappa shape index (κ1) is 20.1. The van der Waals surface area contributed by atoms with Crippen molar-refractivity contribution in [1.29, 1.82) is 0 Å². The fourth-order valence-corrected chi connectivity index (χ4v) is 2.37. The van der Waals surface area contributed by atoms with Crippen molar-refractivity contribution in [1.82, 2.24) is 4.90 Å². The Balaban J connectivity index is 2.79. The van der Waals surface area contributed by atoms with Gasteiger partial charge in [0.25, 0.3) is 0 Å². The maximum Gasteiger partial charge on any atom is 0.246 e. The molecule has 0 radical (unpaired) electrons. The SMILES string of the molecule is CCCCN(CCCC)C(=O)/C=C/c1ccc(OCC)c(OC)c1. The van der Waals surface area contributed by atoms with E-state index in [1.54, 1.807) is 13.2 Å². The molecule has 0 heterocycles. The lowest BCUT2D eigenvalue weighted by molar-refractivity contribution is -0.126. The summed E-state index contributed by atoms with van der Waals surface area (Å²) in [4.78, 5) is 14.4. The van der Waals surface area contributed by atoms with Crippen LogP contribution in [-0.4, -0.2) is 37.6 Å². The van der Waals surface area contributed by atoms with Crippen molar-refractivity contribution in [2.75, 3.05) is 26.8 Å². The molecule has 0 aliphatic rings. The predicted molar refractivity (Wildman–Crippen MR) is 99.6 cm³/mol. The average molecular weight is 333 g/mol. The van der Waals surface area contributed by atoms with E-state index in [-0.39, 0.29) is 5.91 Å². The lowest BCUT2D eigenvalue weighted by Gasteiger charge is -2.20. The molecule has 4 heteroatoms. The van der Waals surface area contributed by atoms with Gasteiger partial charge in [0.1, 0.15) is 0 Å². The van der Waals surface area contributed by atoms with Crippen LogP contribution in [0.5, 0.6) is 11.5 Å². The van der Waals surface area contributed by atoms with E-state index in [1.165, 1.54) is 0 Å². The summed E-state index contributed by atoms with van der Waals surface area (Å²) < 4.78 is 10.9. The van der Waals surface area contributed by atoms with E-state index in [2.05, 4.69) is 13.8 Å². The van der Waals surface area contributed by atoms with E-state index in [0.29, 0.717) is 12.4 Å². The second-order valence-corrected chi connectivity index (χ2v) is 5.71. The molecule has 1 aromatic rings. The van der Waals surface area contributed by atoms with Crippen LogP contribution in [0.4, 0.5) is 0 Å². The first-order valence-corrected chi connectivity index (χ1v) is 8.94. The highest BCUT2D eigenvalue weighted by Gasteiger charge is 2.09. The third-order valence-electron chi connectivity index (χ3n) is 3.78. The van der Waals surface area contributed by atoms with E-state index in [1.807, 2.05) is 36.1 Å². The molecule has 0 saturated heterocycles. The number of hydrogen-bond donors (Lipinski definition) is 0. The summed E-state index contributed by atoms with van der Waals surface area (Å²) in [5.41, 5.74) is 0.926. The van der Waals surface area contributed by atoms with Crippen molar-refractivity contribution in [3.63, 3.8) is 0 Å². The number of methoxy groups -OCH3 is 1. The van der Waals surface area contributed by atoms with Crippen LogP contribution in [0.25, 0.3) is 6.08 Å². The second-order valence-electron chi connectivity index (χ2n) is 5.71. The van der Waals surface area contributed by atoms with Gasteiger partial charge in [0.2, 0.25) is 5.91 Å². The molecule has 0 atom stereocenters. The van der Waals surface area contributed by atoms with Crippen LogP contribution in [0.3, 0.4) is 0 Å². The third kappa shape index (κ3) is 6.65. The fraction of sp³-hybridized carbons (Fsp3) is 0.550. The molecule has 0 aliphatic heterocycles. The van der Waals surface area contributed by atoms with Crippen molar-refractivity contribution in [2.45, 2.75) is 46.5 Å². The Labute approximate surface area is 146 Å². The van der Waals surface area contributed by atoms with E-state index in [4.69, 9.17) is 9.47 Å². The van der Waals surface area contributed by atoms with Gasteiger partial charge in [-0.1, -0.05) is 32.8 Å². The van der Waals surface area contributed by atoms with E-state index >= 15 is 0 Å². The van der Waals surface area contributed by atoms with Crippen LogP contribution in [0.2, 0.25) is 0 Å². The van der Waals surface area contributed by atoms with E-state index in [9.17, 15) is 4.79 Å². The fourth-order valence-electron chi connectivity index (χ4n) is 2.37. The Hall–Kier alpha value is -1.97. The van der Waals surface area contributed by atoms with Crippen LogP contribution >= 0.6 is 0 Å². The molecule has 1 aromatic carbocycles. The number of unbranched alkanes of at least 4 members (excludes halogenated alkanes) is 2. The molecule has 0 aliphatic carbocycles.